The van der Waals surface area contributed by atoms with Gasteiger partial charge in [0.05, 0.1) is 5.92 Å². The second-order valence-electron chi connectivity index (χ2n) is 6.37. The average Bonchev–Trinajstić information content (AvgIpc) is 2.56. The predicted octanol–water partition coefficient (Wildman–Crippen LogP) is 2.95. The quantitative estimate of drug-likeness (QED) is 0.845. The first-order valence-corrected chi connectivity index (χ1v) is 8.17. The number of carbonyl (C=O) groups is 2. The molecular weight excluding hydrogens is 294 g/mol. The van der Waals surface area contributed by atoms with E-state index in [2.05, 4.69) is 5.32 Å². The Bertz CT molecular complexity index is 534. The number of benzene rings is 1. The van der Waals surface area contributed by atoms with Crippen molar-refractivity contribution in [1.82, 2.24) is 0 Å². The number of aliphatic carboxylic acids is 1. The standard InChI is InChI=1S/C18H25NO4/c1-12(18(21)22)11-14-3-5-16(6-4-14)19-17(20)13(2)15-7-9-23-10-8-15/h3-6,12-13,15H,7-11H2,1-2H3,(H,19,20)(H,21,22)/t12-,13-/m0/s1. The predicted molar refractivity (Wildman–Crippen MR) is 88.3 cm³/mol. The van der Waals surface area contributed by atoms with Crippen molar-refractivity contribution in [2.75, 3.05) is 18.5 Å². The van der Waals surface area contributed by atoms with Gasteiger partial charge in [0.25, 0.3) is 0 Å². The van der Waals surface area contributed by atoms with Gasteiger partial charge in [-0.2, -0.15) is 0 Å². The van der Waals surface area contributed by atoms with E-state index in [1.807, 2.05) is 31.2 Å². The highest BCUT2D eigenvalue weighted by Gasteiger charge is 2.25. The zero-order valence-corrected chi connectivity index (χ0v) is 13.7. The zero-order valence-electron chi connectivity index (χ0n) is 13.7. The molecule has 0 aromatic heterocycles. The van der Waals surface area contributed by atoms with Crippen LogP contribution in [0.2, 0.25) is 0 Å². The maximum atomic E-state index is 12.3. The molecule has 2 atom stereocenters. The first kappa shape index (κ1) is 17.5. The third-order valence-electron chi connectivity index (χ3n) is 4.57. The van der Waals surface area contributed by atoms with Crippen LogP contribution < -0.4 is 5.32 Å². The van der Waals surface area contributed by atoms with Gasteiger partial charge in [-0.05, 0) is 42.9 Å². The molecule has 1 aliphatic rings. The number of rotatable bonds is 6. The van der Waals surface area contributed by atoms with Gasteiger partial charge < -0.3 is 15.2 Å². The molecule has 23 heavy (non-hydrogen) atoms. The van der Waals surface area contributed by atoms with E-state index in [9.17, 15) is 9.59 Å². The minimum absolute atomic E-state index is 0.0311. The van der Waals surface area contributed by atoms with Crippen molar-refractivity contribution < 1.29 is 19.4 Å². The number of hydrogen-bond acceptors (Lipinski definition) is 3. The lowest BCUT2D eigenvalue weighted by molar-refractivity contribution is -0.141. The normalized spacial score (nSPS) is 18.2. The highest BCUT2D eigenvalue weighted by atomic mass is 16.5. The highest BCUT2D eigenvalue weighted by Crippen LogP contribution is 2.25. The van der Waals surface area contributed by atoms with Gasteiger partial charge in [0.15, 0.2) is 0 Å². The van der Waals surface area contributed by atoms with Crippen LogP contribution in [-0.4, -0.2) is 30.2 Å². The monoisotopic (exact) mass is 319 g/mol. The van der Waals surface area contributed by atoms with Gasteiger partial charge in [0.1, 0.15) is 0 Å². The summed E-state index contributed by atoms with van der Waals surface area (Å²) in [5.41, 5.74) is 1.70. The van der Waals surface area contributed by atoms with Gasteiger partial charge in [-0.1, -0.05) is 26.0 Å². The third kappa shape index (κ3) is 5.06. The Balaban J connectivity index is 1.89. The van der Waals surface area contributed by atoms with Crippen LogP contribution in [-0.2, 0) is 20.7 Å². The van der Waals surface area contributed by atoms with E-state index in [1.54, 1.807) is 6.92 Å². The van der Waals surface area contributed by atoms with E-state index in [1.165, 1.54) is 0 Å². The molecule has 1 heterocycles. The molecule has 1 aromatic rings. The Morgan fingerprint density at radius 3 is 2.39 bits per heavy atom. The van der Waals surface area contributed by atoms with Crippen LogP contribution >= 0.6 is 0 Å². The van der Waals surface area contributed by atoms with Crippen LogP contribution in [0.15, 0.2) is 24.3 Å². The molecule has 0 bridgehead atoms. The van der Waals surface area contributed by atoms with Gasteiger partial charge in [-0.3, -0.25) is 9.59 Å². The van der Waals surface area contributed by atoms with Gasteiger partial charge in [-0.25, -0.2) is 0 Å². The number of anilines is 1. The van der Waals surface area contributed by atoms with Crippen LogP contribution in [0.5, 0.6) is 0 Å². The number of carboxylic acids is 1. The summed E-state index contributed by atoms with van der Waals surface area (Å²) < 4.78 is 5.34. The van der Waals surface area contributed by atoms with E-state index >= 15 is 0 Å². The number of nitrogens with one attached hydrogen (secondary N) is 1. The Kier molecular flexibility index (Phi) is 6.16. The number of hydrogen-bond donors (Lipinski definition) is 2. The SMILES string of the molecule is C[C@H](C(=O)Nc1ccc(C[C@H](C)C(=O)O)cc1)C1CCOCC1. The molecular formula is C18H25NO4. The summed E-state index contributed by atoms with van der Waals surface area (Å²) in [6, 6.07) is 7.40. The minimum atomic E-state index is -0.798. The molecule has 1 saturated heterocycles. The van der Waals surface area contributed by atoms with Crippen molar-refractivity contribution in [1.29, 1.82) is 0 Å². The van der Waals surface area contributed by atoms with E-state index in [0.29, 0.717) is 12.3 Å². The Morgan fingerprint density at radius 1 is 1.22 bits per heavy atom. The topological polar surface area (TPSA) is 75.6 Å². The molecule has 5 nitrogen and oxygen atoms in total. The summed E-state index contributed by atoms with van der Waals surface area (Å²) in [5.74, 6) is -0.842. The van der Waals surface area contributed by atoms with Crippen LogP contribution in [0, 0.1) is 17.8 Å². The summed E-state index contributed by atoms with van der Waals surface area (Å²) in [4.78, 5) is 23.2. The summed E-state index contributed by atoms with van der Waals surface area (Å²) in [6.45, 7) is 5.12. The van der Waals surface area contributed by atoms with Crippen LogP contribution in [0.25, 0.3) is 0 Å². The van der Waals surface area contributed by atoms with Crippen molar-refractivity contribution in [2.24, 2.45) is 17.8 Å². The summed E-state index contributed by atoms with van der Waals surface area (Å²) >= 11 is 0. The second kappa shape index (κ2) is 8.11. The fourth-order valence-electron chi connectivity index (χ4n) is 2.85. The Labute approximate surface area is 137 Å². The fraction of sp³-hybridized carbons (Fsp3) is 0.556. The van der Waals surface area contributed by atoms with Crippen LogP contribution in [0.1, 0.15) is 32.3 Å². The van der Waals surface area contributed by atoms with Gasteiger partial charge >= 0.3 is 5.97 Å². The number of carboxylic acid groups (broad SMARTS) is 1. The Hall–Kier alpha value is -1.88. The van der Waals surface area contributed by atoms with E-state index in [0.717, 1.165) is 37.3 Å². The molecule has 1 fully saturated rings. The van der Waals surface area contributed by atoms with Crippen LogP contribution in [0.3, 0.4) is 0 Å². The molecule has 126 valence electrons. The van der Waals surface area contributed by atoms with E-state index in [-0.39, 0.29) is 11.8 Å². The lowest BCUT2D eigenvalue weighted by Gasteiger charge is -2.27. The molecule has 1 aromatic carbocycles. The average molecular weight is 319 g/mol. The molecule has 0 saturated carbocycles. The maximum Gasteiger partial charge on any atom is 0.306 e. The fourth-order valence-corrected chi connectivity index (χ4v) is 2.85. The number of ether oxygens (including phenoxy) is 1. The molecule has 0 radical (unpaired) electrons. The molecule has 0 spiro atoms. The molecule has 2 rings (SSSR count). The van der Waals surface area contributed by atoms with Crippen LogP contribution in [0.4, 0.5) is 5.69 Å². The van der Waals surface area contributed by atoms with Crippen molar-refractivity contribution in [2.45, 2.75) is 33.1 Å². The molecule has 1 aliphatic heterocycles. The van der Waals surface area contributed by atoms with Gasteiger partial charge in [0, 0.05) is 24.8 Å². The second-order valence-corrected chi connectivity index (χ2v) is 6.37. The molecule has 0 aliphatic carbocycles. The van der Waals surface area contributed by atoms with Crippen molar-refractivity contribution in [3.05, 3.63) is 29.8 Å². The number of amides is 1. The van der Waals surface area contributed by atoms with E-state index < -0.39 is 11.9 Å². The first-order chi connectivity index (χ1) is 11.0. The summed E-state index contributed by atoms with van der Waals surface area (Å²) in [7, 11) is 0. The van der Waals surface area contributed by atoms with E-state index in [4.69, 9.17) is 9.84 Å². The van der Waals surface area contributed by atoms with Crippen molar-refractivity contribution in [3.8, 4) is 0 Å². The zero-order chi connectivity index (χ0) is 16.8. The maximum absolute atomic E-state index is 12.3. The molecule has 0 unspecified atom stereocenters. The molecule has 1 amide bonds. The lowest BCUT2D eigenvalue weighted by Crippen LogP contribution is -2.30. The van der Waals surface area contributed by atoms with Crippen molar-refractivity contribution >= 4 is 17.6 Å². The highest BCUT2D eigenvalue weighted by molar-refractivity contribution is 5.92. The number of carbonyl (C=O) groups excluding carboxylic acids is 1. The summed E-state index contributed by atoms with van der Waals surface area (Å²) in [6.07, 6.45) is 2.35. The Morgan fingerprint density at radius 2 is 1.83 bits per heavy atom. The van der Waals surface area contributed by atoms with Gasteiger partial charge in [0.2, 0.25) is 5.91 Å². The molecule has 2 N–H and O–H groups in total. The summed E-state index contributed by atoms with van der Waals surface area (Å²) in [5, 5.41) is 11.9. The van der Waals surface area contributed by atoms with Crippen molar-refractivity contribution in [3.63, 3.8) is 0 Å². The molecule has 5 heteroatoms. The first-order valence-electron chi connectivity index (χ1n) is 8.17. The largest absolute Gasteiger partial charge is 0.481 e. The minimum Gasteiger partial charge on any atom is -0.481 e. The third-order valence-corrected chi connectivity index (χ3v) is 4.57. The smallest absolute Gasteiger partial charge is 0.306 e. The lowest BCUT2D eigenvalue weighted by atomic mass is 9.86. The van der Waals surface area contributed by atoms with Gasteiger partial charge in [-0.15, -0.1) is 0 Å².